The van der Waals surface area contributed by atoms with Crippen molar-refractivity contribution in [2.75, 3.05) is 27.4 Å². The Morgan fingerprint density at radius 3 is 2.59 bits per heavy atom. The first-order chi connectivity index (χ1) is 14.1. The summed E-state index contributed by atoms with van der Waals surface area (Å²) in [5.74, 6) is -0.949. The summed E-state index contributed by atoms with van der Waals surface area (Å²) >= 11 is 0. The highest BCUT2D eigenvalue weighted by Crippen LogP contribution is 2.38. The summed E-state index contributed by atoms with van der Waals surface area (Å²) in [5.41, 5.74) is 1.57. The molecule has 0 aliphatic carbocycles. The smallest absolute Gasteiger partial charge is 0.290 e. The number of amides is 1. The summed E-state index contributed by atoms with van der Waals surface area (Å²) in [6, 6.07) is 15.7. The summed E-state index contributed by atoms with van der Waals surface area (Å²) in [6.07, 6.45) is 3.04. The van der Waals surface area contributed by atoms with Crippen molar-refractivity contribution >= 4 is 17.8 Å². The molecule has 6 heteroatoms. The molecule has 1 aliphatic rings. The lowest BCUT2D eigenvalue weighted by atomic mass is 9.95. The van der Waals surface area contributed by atoms with Gasteiger partial charge in [-0.1, -0.05) is 48.5 Å². The maximum absolute atomic E-state index is 13.0. The minimum Gasteiger partial charge on any atom is -0.503 e. The topological polar surface area (TPSA) is 76.1 Å². The molecule has 0 fully saturated rings. The highest BCUT2D eigenvalue weighted by atomic mass is 16.5. The fraction of sp³-hybridized carbons (Fsp3) is 0.217. The number of aliphatic hydroxyl groups excluding tert-OH is 1. The van der Waals surface area contributed by atoms with Gasteiger partial charge in [0.1, 0.15) is 5.75 Å². The molecule has 1 heterocycles. The molecule has 29 heavy (non-hydrogen) atoms. The number of hydrogen-bond acceptors (Lipinski definition) is 5. The van der Waals surface area contributed by atoms with Crippen LogP contribution in [0.3, 0.4) is 0 Å². The number of hydrogen-bond donors (Lipinski definition) is 1. The van der Waals surface area contributed by atoms with Crippen LogP contribution in [0.15, 0.2) is 72.0 Å². The van der Waals surface area contributed by atoms with E-state index in [4.69, 9.17) is 9.47 Å². The molecule has 0 spiro atoms. The molecule has 0 bridgehead atoms. The Bertz CT molecular complexity index is 949. The third kappa shape index (κ3) is 4.38. The van der Waals surface area contributed by atoms with Gasteiger partial charge in [0.25, 0.3) is 5.91 Å². The first-order valence-corrected chi connectivity index (χ1v) is 9.21. The van der Waals surface area contributed by atoms with Crippen LogP contribution in [0.5, 0.6) is 5.75 Å². The van der Waals surface area contributed by atoms with Crippen LogP contribution in [0.2, 0.25) is 0 Å². The summed E-state index contributed by atoms with van der Waals surface area (Å²) < 4.78 is 10.4. The average Bonchev–Trinajstić information content (AvgIpc) is 3.01. The summed E-state index contributed by atoms with van der Waals surface area (Å²) in [7, 11) is 3.08. The first-order valence-electron chi connectivity index (χ1n) is 9.21. The lowest BCUT2D eigenvalue weighted by molar-refractivity contribution is -0.130. The summed E-state index contributed by atoms with van der Waals surface area (Å²) in [4.78, 5) is 27.1. The second-order valence-electron chi connectivity index (χ2n) is 6.54. The van der Waals surface area contributed by atoms with Crippen LogP contribution < -0.4 is 4.74 Å². The maximum atomic E-state index is 13.0. The SMILES string of the molecule is COCCN1C(=O)C(O)=C(C(=O)/C=C/c2ccccc2)C1c1cccc(OC)c1. The molecule has 0 saturated heterocycles. The van der Waals surface area contributed by atoms with E-state index in [-0.39, 0.29) is 18.7 Å². The Labute approximate surface area is 169 Å². The lowest BCUT2D eigenvalue weighted by Crippen LogP contribution is -2.33. The van der Waals surface area contributed by atoms with Gasteiger partial charge in [-0.05, 0) is 29.3 Å². The van der Waals surface area contributed by atoms with Crippen LogP contribution in [0.4, 0.5) is 0 Å². The van der Waals surface area contributed by atoms with Crippen LogP contribution >= 0.6 is 0 Å². The number of benzene rings is 2. The maximum Gasteiger partial charge on any atom is 0.290 e. The highest BCUT2D eigenvalue weighted by Gasteiger charge is 2.42. The van der Waals surface area contributed by atoms with Gasteiger partial charge in [0.05, 0.1) is 25.3 Å². The zero-order valence-corrected chi connectivity index (χ0v) is 16.4. The molecule has 2 aromatic carbocycles. The van der Waals surface area contributed by atoms with E-state index < -0.39 is 23.5 Å². The first kappa shape index (κ1) is 20.4. The largest absolute Gasteiger partial charge is 0.503 e. The van der Waals surface area contributed by atoms with Gasteiger partial charge < -0.3 is 19.5 Å². The molecular weight excluding hydrogens is 370 g/mol. The Morgan fingerprint density at radius 2 is 1.90 bits per heavy atom. The molecule has 1 N–H and O–H groups in total. The number of carbonyl (C=O) groups excluding carboxylic acids is 2. The van der Waals surface area contributed by atoms with Gasteiger partial charge in [0.2, 0.25) is 0 Å². The third-order valence-electron chi connectivity index (χ3n) is 4.74. The van der Waals surface area contributed by atoms with E-state index in [0.29, 0.717) is 11.3 Å². The van der Waals surface area contributed by atoms with Crippen molar-refractivity contribution in [3.05, 3.63) is 83.1 Å². The standard InChI is InChI=1S/C23H23NO5/c1-28-14-13-24-21(17-9-6-10-18(15-17)29-2)20(22(26)23(24)27)19(25)12-11-16-7-4-3-5-8-16/h3-12,15,21,26H,13-14H2,1-2H3/b12-11+. The Hall–Kier alpha value is -3.38. The van der Waals surface area contributed by atoms with E-state index in [0.717, 1.165) is 5.56 Å². The molecule has 1 amide bonds. The quantitative estimate of drug-likeness (QED) is 0.697. The van der Waals surface area contributed by atoms with Gasteiger partial charge in [0.15, 0.2) is 11.5 Å². The lowest BCUT2D eigenvalue weighted by Gasteiger charge is -2.26. The minimum atomic E-state index is -0.722. The van der Waals surface area contributed by atoms with Crippen molar-refractivity contribution in [3.8, 4) is 5.75 Å². The Morgan fingerprint density at radius 1 is 1.14 bits per heavy atom. The Kier molecular flexibility index (Phi) is 6.46. The normalized spacial score (nSPS) is 16.7. The van der Waals surface area contributed by atoms with Gasteiger partial charge in [-0.3, -0.25) is 9.59 Å². The molecule has 0 saturated carbocycles. The summed E-state index contributed by atoms with van der Waals surface area (Å²) in [5, 5.41) is 10.5. The number of carbonyl (C=O) groups is 2. The highest BCUT2D eigenvalue weighted by molar-refractivity contribution is 6.14. The predicted octanol–water partition coefficient (Wildman–Crippen LogP) is 3.32. The molecular formula is C23H23NO5. The van der Waals surface area contributed by atoms with E-state index in [1.54, 1.807) is 37.5 Å². The van der Waals surface area contributed by atoms with Gasteiger partial charge in [0, 0.05) is 13.7 Å². The molecule has 150 valence electrons. The number of rotatable bonds is 8. The number of ketones is 1. The molecule has 1 unspecified atom stereocenters. The molecule has 2 aromatic rings. The van der Waals surface area contributed by atoms with Gasteiger partial charge in [-0.25, -0.2) is 0 Å². The average molecular weight is 393 g/mol. The van der Waals surface area contributed by atoms with Crippen molar-refractivity contribution in [2.45, 2.75) is 6.04 Å². The van der Waals surface area contributed by atoms with Crippen LogP contribution in [-0.2, 0) is 14.3 Å². The van der Waals surface area contributed by atoms with Gasteiger partial charge in [-0.2, -0.15) is 0 Å². The zero-order chi connectivity index (χ0) is 20.8. The van der Waals surface area contributed by atoms with E-state index in [9.17, 15) is 14.7 Å². The predicted molar refractivity (Wildman–Crippen MR) is 109 cm³/mol. The number of methoxy groups -OCH3 is 2. The van der Waals surface area contributed by atoms with Crippen LogP contribution in [0.25, 0.3) is 6.08 Å². The molecule has 3 rings (SSSR count). The second kappa shape index (κ2) is 9.21. The fourth-order valence-corrected chi connectivity index (χ4v) is 3.31. The molecule has 0 radical (unpaired) electrons. The van der Waals surface area contributed by atoms with Crippen LogP contribution in [0.1, 0.15) is 17.2 Å². The van der Waals surface area contributed by atoms with Gasteiger partial charge in [-0.15, -0.1) is 0 Å². The van der Waals surface area contributed by atoms with Crippen molar-refractivity contribution in [3.63, 3.8) is 0 Å². The van der Waals surface area contributed by atoms with Crippen molar-refractivity contribution in [1.29, 1.82) is 0 Å². The fourth-order valence-electron chi connectivity index (χ4n) is 3.31. The molecule has 1 aliphatic heterocycles. The zero-order valence-electron chi connectivity index (χ0n) is 16.4. The van der Waals surface area contributed by atoms with Crippen molar-refractivity contribution in [2.24, 2.45) is 0 Å². The number of nitrogens with zero attached hydrogens (tertiary/aromatic N) is 1. The summed E-state index contributed by atoms with van der Waals surface area (Å²) in [6.45, 7) is 0.515. The van der Waals surface area contributed by atoms with E-state index in [1.807, 2.05) is 30.3 Å². The van der Waals surface area contributed by atoms with Gasteiger partial charge >= 0.3 is 0 Å². The molecule has 0 aromatic heterocycles. The monoisotopic (exact) mass is 393 g/mol. The number of aliphatic hydroxyl groups is 1. The van der Waals surface area contributed by atoms with E-state index in [2.05, 4.69) is 0 Å². The number of allylic oxidation sites excluding steroid dienone is 1. The Balaban J connectivity index is 1.99. The van der Waals surface area contributed by atoms with Crippen molar-refractivity contribution < 1.29 is 24.2 Å². The minimum absolute atomic E-state index is 0.0477. The van der Waals surface area contributed by atoms with Crippen molar-refractivity contribution in [1.82, 2.24) is 4.90 Å². The van der Waals surface area contributed by atoms with E-state index >= 15 is 0 Å². The molecule has 6 nitrogen and oxygen atoms in total. The third-order valence-corrected chi connectivity index (χ3v) is 4.74. The van der Waals surface area contributed by atoms with Crippen LogP contribution in [0, 0.1) is 0 Å². The second-order valence-corrected chi connectivity index (χ2v) is 6.54. The number of ether oxygens (including phenoxy) is 2. The molecule has 1 atom stereocenters. The van der Waals surface area contributed by atoms with E-state index in [1.165, 1.54) is 18.1 Å². The van der Waals surface area contributed by atoms with Crippen LogP contribution in [-0.4, -0.2) is 49.1 Å².